The van der Waals surface area contributed by atoms with E-state index in [1.807, 2.05) is 13.8 Å². The van der Waals surface area contributed by atoms with Gasteiger partial charge in [0.2, 0.25) is 10.0 Å². The molecule has 2 saturated carbocycles. The number of esters is 1. The van der Waals surface area contributed by atoms with E-state index < -0.39 is 15.3 Å². The fourth-order valence-corrected chi connectivity index (χ4v) is 5.40. The van der Waals surface area contributed by atoms with Crippen LogP contribution in [-0.2, 0) is 19.6 Å². The minimum absolute atomic E-state index is 0.0517. The van der Waals surface area contributed by atoms with Crippen LogP contribution in [0.5, 0.6) is 0 Å². The van der Waals surface area contributed by atoms with E-state index in [4.69, 9.17) is 4.74 Å². The number of allylic oxidation sites excluding steroid dienone is 1. The molecule has 0 spiro atoms. The molecule has 1 N–H and O–H groups in total. The van der Waals surface area contributed by atoms with Crippen molar-refractivity contribution >= 4 is 16.0 Å². The van der Waals surface area contributed by atoms with Crippen LogP contribution in [0.3, 0.4) is 0 Å². The van der Waals surface area contributed by atoms with Crippen molar-refractivity contribution in [3.8, 4) is 0 Å². The smallest absolute Gasteiger partial charge is 0.315 e. The SMILES string of the molecule is C=C1OC(=O)C2C3CC(CC3S(=O)(=O)NC)C12.CC. The molecule has 0 aromatic carbocycles. The molecule has 5 unspecified atom stereocenters. The third-order valence-corrected chi connectivity index (χ3v) is 6.41. The maximum atomic E-state index is 11.9. The summed E-state index contributed by atoms with van der Waals surface area (Å²) in [5.41, 5.74) is 0. The summed E-state index contributed by atoms with van der Waals surface area (Å²) < 4.78 is 31.2. The summed E-state index contributed by atoms with van der Waals surface area (Å²) in [4.78, 5) is 11.7. The van der Waals surface area contributed by atoms with Crippen LogP contribution in [0.4, 0.5) is 0 Å². The van der Waals surface area contributed by atoms with Crippen LogP contribution in [-0.4, -0.2) is 26.7 Å². The Morgan fingerprint density at radius 2 is 1.89 bits per heavy atom. The average Bonchev–Trinajstić information content (AvgIpc) is 3.05. The molecule has 108 valence electrons. The van der Waals surface area contributed by atoms with Crippen molar-refractivity contribution in [3.63, 3.8) is 0 Å². The zero-order valence-corrected chi connectivity index (χ0v) is 12.4. The lowest BCUT2D eigenvalue weighted by Crippen LogP contribution is -2.41. The molecular formula is C13H21NO4S. The molecule has 5 nitrogen and oxygen atoms in total. The molecule has 0 aromatic heterocycles. The monoisotopic (exact) mass is 287 g/mol. The van der Waals surface area contributed by atoms with Gasteiger partial charge in [-0.1, -0.05) is 20.4 Å². The Labute approximate surface area is 114 Å². The lowest BCUT2D eigenvalue weighted by molar-refractivity contribution is -0.140. The first kappa shape index (κ1) is 14.5. The normalized spacial score (nSPS) is 39.6. The Morgan fingerprint density at radius 3 is 2.47 bits per heavy atom. The molecular weight excluding hydrogens is 266 g/mol. The topological polar surface area (TPSA) is 72.5 Å². The fraction of sp³-hybridized carbons (Fsp3) is 0.769. The summed E-state index contributed by atoms with van der Waals surface area (Å²) in [7, 11) is -1.87. The number of carbonyl (C=O) groups excluding carboxylic acids is 1. The van der Waals surface area contributed by atoms with Gasteiger partial charge >= 0.3 is 5.97 Å². The van der Waals surface area contributed by atoms with Crippen LogP contribution in [0.1, 0.15) is 26.7 Å². The van der Waals surface area contributed by atoms with Gasteiger partial charge in [0.15, 0.2) is 0 Å². The number of cyclic esters (lactones) is 1. The first-order valence-electron chi connectivity index (χ1n) is 6.78. The van der Waals surface area contributed by atoms with Crippen LogP contribution in [0, 0.1) is 23.7 Å². The van der Waals surface area contributed by atoms with Crippen LogP contribution in [0.2, 0.25) is 0 Å². The number of ether oxygens (including phenoxy) is 1. The standard InChI is InChI=1S/C11H15NO4S.C2H6/c1-5-9-6-3-7(10(9)11(13)16-5)8(4-6)17(14,15)12-2;1-2/h6-10,12H,1,3-4H2,2H3;1-2H3. The molecule has 1 saturated heterocycles. The number of rotatable bonds is 2. The van der Waals surface area contributed by atoms with Crippen molar-refractivity contribution in [1.82, 2.24) is 4.72 Å². The third-order valence-electron chi connectivity index (χ3n) is 4.50. The van der Waals surface area contributed by atoms with Crippen molar-refractivity contribution in [1.29, 1.82) is 0 Å². The Kier molecular flexibility index (Phi) is 3.75. The molecule has 3 aliphatic rings. The van der Waals surface area contributed by atoms with Gasteiger partial charge < -0.3 is 4.74 Å². The molecule has 0 radical (unpaired) electrons. The Bertz CT molecular complexity index is 499. The molecule has 2 aliphatic carbocycles. The van der Waals surface area contributed by atoms with Gasteiger partial charge in [-0.15, -0.1) is 0 Å². The molecule has 6 heteroatoms. The lowest BCUT2D eigenvalue weighted by atomic mass is 9.80. The average molecular weight is 287 g/mol. The van der Waals surface area contributed by atoms with E-state index in [2.05, 4.69) is 11.3 Å². The summed E-state index contributed by atoms with van der Waals surface area (Å²) in [6.07, 6.45) is 1.42. The van der Waals surface area contributed by atoms with Crippen molar-refractivity contribution in [2.24, 2.45) is 23.7 Å². The number of fused-ring (bicyclic) bond motifs is 5. The zero-order valence-electron chi connectivity index (χ0n) is 11.5. The number of hydrogen-bond donors (Lipinski definition) is 1. The molecule has 0 aromatic rings. The van der Waals surface area contributed by atoms with E-state index in [-0.39, 0.29) is 29.6 Å². The molecule has 1 heterocycles. The highest BCUT2D eigenvalue weighted by Crippen LogP contribution is 2.59. The summed E-state index contributed by atoms with van der Waals surface area (Å²) >= 11 is 0. The van der Waals surface area contributed by atoms with E-state index >= 15 is 0 Å². The van der Waals surface area contributed by atoms with E-state index in [0.717, 1.165) is 6.42 Å². The van der Waals surface area contributed by atoms with Gasteiger partial charge in [0.05, 0.1) is 11.2 Å². The van der Waals surface area contributed by atoms with Gasteiger partial charge in [-0.3, -0.25) is 4.79 Å². The molecule has 5 atom stereocenters. The molecule has 19 heavy (non-hydrogen) atoms. The molecule has 2 bridgehead atoms. The van der Waals surface area contributed by atoms with Gasteiger partial charge in [-0.25, -0.2) is 13.1 Å². The fourth-order valence-electron chi connectivity index (χ4n) is 3.86. The van der Waals surface area contributed by atoms with Crippen molar-refractivity contribution in [2.75, 3.05) is 7.05 Å². The van der Waals surface area contributed by atoms with E-state index in [1.165, 1.54) is 7.05 Å². The van der Waals surface area contributed by atoms with Crippen LogP contribution in [0.15, 0.2) is 12.3 Å². The Balaban J connectivity index is 0.000000637. The largest absolute Gasteiger partial charge is 0.431 e. The van der Waals surface area contributed by atoms with Crippen LogP contribution >= 0.6 is 0 Å². The Hall–Kier alpha value is -0.880. The molecule has 0 amide bonds. The highest BCUT2D eigenvalue weighted by Gasteiger charge is 2.63. The third kappa shape index (κ3) is 2.01. The molecule has 3 fully saturated rings. The predicted octanol–water partition coefficient (Wildman–Crippen LogP) is 1.27. The molecule has 3 rings (SSSR count). The van der Waals surface area contributed by atoms with Gasteiger partial charge in [0.25, 0.3) is 0 Å². The predicted molar refractivity (Wildman–Crippen MR) is 71.5 cm³/mol. The summed E-state index contributed by atoms with van der Waals surface area (Å²) in [5, 5.41) is -0.447. The minimum Gasteiger partial charge on any atom is -0.431 e. The lowest BCUT2D eigenvalue weighted by Gasteiger charge is -2.27. The van der Waals surface area contributed by atoms with Gasteiger partial charge in [0.1, 0.15) is 5.76 Å². The molecule has 1 aliphatic heterocycles. The van der Waals surface area contributed by atoms with E-state index in [0.29, 0.717) is 12.2 Å². The van der Waals surface area contributed by atoms with Gasteiger partial charge in [0, 0.05) is 5.92 Å². The minimum atomic E-state index is -3.30. The van der Waals surface area contributed by atoms with Gasteiger partial charge in [-0.2, -0.15) is 0 Å². The summed E-state index contributed by atoms with van der Waals surface area (Å²) in [6, 6.07) is 0. The second-order valence-corrected chi connectivity index (χ2v) is 7.23. The highest BCUT2D eigenvalue weighted by molar-refractivity contribution is 7.90. The Morgan fingerprint density at radius 1 is 1.26 bits per heavy atom. The quantitative estimate of drug-likeness (QED) is 0.776. The maximum absolute atomic E-state index is 11.9. The van der Waals surface area contributed by atoms with E-state index in [9.17, 15) is 13.2 Å². The first-order chi connectivity index (χ1) is 8.95. The first-order valence-corrected chi connectivity index (χ1v) is 8.33. The van der Waals surface area contributed by atoms with Crippen LogP contribution < -0.4 is 4.72 Å². The highest BCUT2D eigenvalue weighted by atomic mass is 32.2. The van der Waals surface area contributed by atoms with Crippen molar-refractivity contribution in [2.45, 2.75) is 31.9 Å². The van der Waals surface area contributed by atoms with E-state index in [1.54, 1.807) is 0 Å². The summed E-state index contributed by atoms with van der Waals surface area (Å²) in [6.45, 7) is 7.77. The van der Waals surface area contributed by atoms with Crippen LogP contribution in [0.25, 0.3) is 0 Å². The number of carbonyl (C=O) groups is 1. The van der Waals surface area contributed by atoms with Crippen molar-refractivity contribution < 1.29 is 17.9 Å². The number of hydrogen-bond acceptors (Lipinski definition) is 4. The summed E-state index contributed by atoms with van der Waals surface area (Å²) in [5.74, 6) is 0.146. The van der Waals surface area contributed by atoms with Crippen molar-refractivity contribution in [3.05, 3.63) is 12.3 Å². The second kappa shape index (κ2) is 4.90. The van der Waals surface area contributed by atoms with Gasteiger partial charge in [-0.05, 0) is 31.7 Å². The number of nitrogens with one attached hydrogen (secondary N) is 1. The maximum Gasteiger partial charge on any atom is 0.315 e. The number of sulfonamides is 1. The second-order valence-electron chi connectivity index (χ2n) is 5.12. The zero-order chi connectivity index (χ0) is 14.4.